The van der Waals surface area contributed by atoms with Crippen LogP contribution in [0.1, 0.15) is 0 Å². The Hall–Kier alpha value is 20.5. The van der Waals surface area contributed by atoms with E-state index in [0.717, 1.165) is 0 Å². The van der Waals surface area contributed by atoms with Crippen molar-refractivity contribution in [3.05, 3.63) is 0 Å². The van der Waals surface area contributed by atoms with Crippen LogP contribution in [0.5, 0.6) is 0 Å². The van der Waals surface area contributed by atoms with Crippen molar-refractivity contribution in [1.82, 2.24) is 0 Å². The van der Waals surface area contributed by atoms with Crippen molar-refractivity contribution in [1.29, 1.82) is 0 Å². The Kier molecular flexibility index (Phi) is 53400. The second-order valence-corrected chi connectivity index (χ2v) is 0. The van der Waals surface area contributed by atoms with Crippen molar-refractivity contribution < 1.29 is 186 Å². The van der Waals surface area contributed by atoms with Crippen molar-refractivity contribution in [3.8, 4) is 0 Å². The van der Waals surface area contributed by atoms with E-state index in [1.807, 2.05) is 0 Å². The van der Waals surface area contributed by atoms with Crippen molar-refractivity contribution in [2.24, 2.45) is 0 Å². The predicted octanol–water partition coefficient (Wildman–Crippen LogP) is -43.7. The van der Waals surface area contributed by atoms with E-state index in [1.165, 1.54) is 0 Å². The molecule has 0 aromatic rings. The van der Waals surface area contributed by atoms with Gasteiger partial charge in [-0.25, -0.2) is 0 Å². The summed E-state index contributed by atoms with van der Waals surface area (Å²) < 4.78 is 0. The first-order chi connectivity index (χ1) is 0. The zero-order valence-electron chi connectivity index (χ0n) is 40.7. The molecule has 34 nitrogen and oxygen atoms in total. The van der Waals surface area contributed by atoms with Gasteiger partial charge in [0.1, 0.15) is 0 Å². The number of hydrogen-bond donors (Lipinski definition) is 0. The maximum atomic E-state index is 0. The average molecular weight is 1720 g/mol. The average Bonchev–Trinajstić information content (AvgIpc) is 0. The summed E-state index contributed by atoms with van der Waals surface area (Å²) in [6.45, 7) is 0. The Balaban J connectivity index is 0. The van der Waals surface area contributed by atoms with Crippen LogP contribution in [-0.4, -0.2) is 898 Å². The first-order valence-electron chi connectivity index (χ1n) is 0. The van der Waals surface area contributed by atoms with Gasteiger partial charge in [0.25, 0.3) is 0 Å². The van der Waals surface area contributed by atoms with E-state index < -0.39 is 0 Å². The molecular formula is H68Al41O34+123. The van der Waals surface area contributed by atoms with Gasteiger partial charge >= 0.3 is 712 Å². The van der Waals surface area contributed by atoms with Crippen LogP contribution in [0.3, 0.4) is 0 Å². The Bertz CT molecular complexity index is 74.5. The quantitative estimate of drug-likeness (QED) is 0.204. The molecule has 0 saturated carbocycles. The minimum atomic E-state index is 0. The molecular weight excluding hydrogens is 1650 g/mol. The molecule has 272 valence electrons. The molecule has 0 aromatic carbocycles. The third-order valence-electron chi connectivity index (χ3n) is 0. The van der Waals surface area contributed by atoms with Gasteiger partial charge in [0.2, 0.25) is 0 Å². The van der Waals surface area contributed by atoms with E-state index in [-0.39, 0.29) is 898 Å². The molecule has 75 heteroatoms. The molecule has 0 radical (unpaired) electrons. The predicted molar refractivity (Wildman–Crippen MR) is 359 cm³/mol. The van der Waals surface area contributed by atoms with Gasteiger partial charge in [0.05, 0.1) is 0 Å². The van der Waals surface area contributed by atoms with Crippen molar-refractivity contribution in [2.45, 2.75) is 0 Å². The maximum Gasteiger partial charge on any atom is 3.00 e. The first-order valence-corrected chi connectivity index (χ1v) is 0. The fourth-order valence-electron chi connectivity index (χ4n) is 0. The largest absolute Gasteiger partial charge is 3.00 e. The van der Waals surface area contributed by atoms with Crippen LogP contribution >= 0.6 is 0 Å². The molecule has 0 bridgehead atoms. The van der Waals surface area contributed by atoms with Crippen molar-refractivity contribution in [3.63, 3.8) is 0 Å². The molecule has 0 atom stereocenters. The molecule has 0 aliphatic rings. The molecule has 0 spiro atoms. The third kappa shape index (κ3) is 1930. The Morgan fingerprint density at radius 1 is 0.0267 bits per heavy atom. The molecule has 0 rings (SSSR count). The van der Waals surface area contributed by atoms with E-state index >= 15 is 0 Å². The van der Waals surface area contributed by atoms with Gasteiger partial charge in [0.15, 0.2) is 0 Å². The van der Waals surface area contributed by atoms with Gasteiger partial charge < -0.3 is 186 Å². The minimum Gasteiger partial charge on any atom is -0.412 e. The van der Waals surface area contributed by atoms with Crippen LogP contribution in [0.25, 0.3) is 0 Å². The summed E-state index contributed by atoms with van der Waals surface area (Å²) in [5, 5.41) is 0. The first kappa shape index (κ1) is 2030. The topological polar surface area (TPSA) is 1070 Å². The monoisotopic (exact) mass is 1720 g/mol. The summed E-state index contributed by atoms with van der Waals surface area (Å²) in [6, 6.07) is 0. The SMILES string of the molecule is O.O.O.O.O.O.O.O.O.O.O.O.O.O.O.O.O.O.O.O.O.O.O.O.O.O.O.O.O.O.O.O.O.O.[Al+3].[Al+3].[Al+3].[Al+3].[Al+3].[Al+3].[Al+3].[Al+3].[Al+3].[Al+3].[Al+3].[Al+3].[Al+3].[Al+3].[Al+3].[Al+3].[Al+3].[Al+3].[Al+3].[Al+3].[Al+3].[Al+3].[Al+3].[Al+3].[Al+3].[Al+3].[Al+3].[Al+3].[Al+3].[Al+3].[Al+3].[Al+3].[Al+3].[Al+3].[Al+3].[Al+3].[Al+3].[Al+3].[Al+3].[Al+3].[Al+3]. The Morgan fingerprint density at radius 2 is 0.0267 bits per heavy atom. The Morgan fingerprint density at radius 3 is 0.0267 bits per heavy atom. The molecule has 68 N–H and O–H groups in total. The smallest absolute Gasteiger partial charge is 0.412 e. The molecule has 0 aromatic heterocycles. The van der Waals surface area contributed by atoms with E-state index in [4.69, 9.17) is 0 Å². The molecule has 0 heterocycles. The summed E-state index contributed by atoms with van der Waals surface area (Å²) in [4.78, 5) is 0. The molecule has 0 aliphatic carbocycles. The van der Waals surface area contributed by atoms with Crippen molar-refractivity contribution >= 4 is 712 Å². The zero-order chi connectivity index (χ0) is 0. The van der Waals surface area contributed by atoms with Crippen molar-refractivity contribution in [2.75, 3.05) is 0 Å². The Labute approximate surface area is 880 Å². The van der Waals surface area contributed by atoms with E-state index in [2.05, 4.69) is 0 Å². The minimum absolute atomic E-state index is 0. The van der Waals surface area contributed by atoms with Gasteiger partial charge in [0, 0.05) is 0 Å². The van der Waals surface area contributed by atoms with Crippen LogP contribution in [0.15, 0.2) is 0 Å². The summed E-state index contributed by atoms with van der Waals surface area (Å²) >= 11 is 0. The molecule has 0 aliphatic heterocycles. The fraction of sp³-hybridized carbons (Fsp3) is 0. The molecule has 0 unspecified atom stereocenters. The second-order valence-electron chi connectivity index (χ2n) is 0. The van der Waals surface area contributed by atoms with E-state index in [0.29, 0.717) is 0 Å². The summed E-state index contributed by atoms with van der Waals surface area (Å²) in [7, 11) is 0. The van der Waals surface area contributed by atoms with E-state index in [1.54, 1.807) is 0 Å². The van der Waals surface area contributed by atoms with Crippen LogP contribution in [0, 0.1) is 0 Å². The van der Waals surface area contributed by atoms with Gasteiger partial charge in [-0.3, -0.25) is 0 Å². The molecule has 75 heavy (non-hydrogen) atoms. The van der Waals surface area contributed by atoms with Gasteiger partial charge in [-0.1, -0.05) is 0 Å². The van der Waals surface area contributed by atoms with Crippen LogP contribution < -0.4 is 0 Å². The maximum absolute atomic E-state index is 0. The van der Waals surface area contributed by atoms with Gasteiger partial charge in [-0.2, -0.15) is 0 Å². The fourth-order valence-corrected chi connectivity index (χ4v) is 0. The van der Waals surface area contributed by atoms with Gasteiger partial charge in [-0.05, 0) is 0 Å². The molecule has 0 fully saturated rings. The normalized spacial score (nSPS) is 0. The molecule has 0 amide bonds. The summed E-state index contributed by atoms with van der Waals surface area (Å²) in [6.07, 6.45) is 0. The third-order valence-corrected chi connectivity index (χ3v) is 0. The van der Waals surface area contributed by atoms with Crippen LogP contribution in [0.2, 0.25) is 0 Å². The number of rotatable bonds is 0. The van der Waals surface area contributed by atoms with E-state index in [9.17, 15) is 0 Å². The zero-order valence-corrected chi connectivity index (χ0v) is 88.0. The van der Waals surface area contributed by atoms with Crippen LogP contribution in [-0.2, 0) is 0 Å². The van der Waals surface area contributed by atoms with Crippen LogP contribution in [0.4, 0.5) is 0 Å². The summed E-state index contributed by atoms with van der Waals surface area (Å²) in [5.41, 5.74) is 0. The standard InChI is InChI=1S/41Al.34H2O/h;;;;;;;;;;;;;;;;;;;;;;;;;;;;;;;;;;;;;;;;;34*1H2/q41*+3;;;;;;;;;;;;;;;;;;;;;;;;;;;;;;;;;;. The molecule has 0 saturated heterocycles. The van der Waals surface area contributed by atoms with Gasteiger partial charge in [-0.15, -0.1) is 0 Å². The second kappa shape index (κ2) is 1970. The number of hydrogen-bond acceptors (Lipinski definition) is 0. The summed E-state index contributed by atoms with van der Waals surface area (Å²) in [5.74, 6) is 0.